The van der Waals surface area contributed by atoms with Crippen molar-refractivity contribution in [2.75, 3.05) is 19.8 Å². The summed E-state index contributed by atoms with van der Waals surface area (Å²) in [5.74, 6) is -0.114. The molecule has 0 saturated heterocycles. The standard InChI is InChI=1S/C18H26ClNO5/c1-5-7-8-24-17-14(19)9-13(10-15(17)23-6-2)18(22)20-11-16(21)25-12(3)4/h9-10,12H,5-8,11H2,1-4H3,(H,20,22). The predicted octanol–water partition coefficient (Wildman–Crippen LogP) is 3.60. The summed E-state index contributed by atoms with van der Waals surface area (Å²) in [6.45, 7) is 8.09. The molecule has 1 aromatic carbocycles. The van der Waals surface area contributed by atoms with Crippen molar-refractivity contribution in [1.82, 2.24) is 5.32 Å². The van der Waals surface area contributed by atoms with Crippen LogP contribution in [0.3, 0.4) is 0 Å². The number of unbranched alkanes of at least 4 members (excludes halogenated alkanes) is 1. The molecule has 0 unspecified atom stereocenters. The van der Waals surface area contributed by atoms with E-state index in [-0.39, 0.29) is 23.2 Å². The van der Waals surface area contributed by atoms with Gasteiger partial charge in [0, 0.05) is 5.56 Å². The van der Waals surface area contributed by atoms with Gasteiger partial charge in [-0.2, -0.15) is 0 Å². The number of nitrogens with one attached hydrogen (secondary N) is 1. The maximum Gasteiger partial charge on any atom is 0.325 e. The molecule has 1 amide bonds. The molecular weight excluding hydrogens is 346 g/mol. The fraction of sp³-hybridized carbons (Fsp3) is 0.556. The van der Waals surface area contributed by atoms with Gasteiger partial charge in [-0.25, -0.2) is 0 Å². The number of rotatable bonds is 10. The fourth-order valence-corrected chi connectivity index (χ4v) is 2.24. The quantitative estimate of drug-likeness (QED) is 0.502. The lowest BCUT2D eigenvalue weighted by molar-refractivity contribution is -0.146. The Labute approximate surface area is 153 Å². The first-order chi connectivity index (χ1) is 11.9. The number of benzene rings is 1. The highest BCUT2D eigenvalue weighted by Crippen LogP contribution is 2.36. The number of amides is 1. The Kier molecular flexibility index (Phi) is 9.13. The first-order valence-electron chi connectivity index (χ1n) is 8.45. The highest BCUT2D eigenvalue weighted by Gasteiger charge is 2.17. The number of carbonyl (C=O) groups is 2. The number of hydrogen-bond donors (Lipinski definition) is 1. The van der Waals surface area contributed by atoms with Crippen LogP contribution in [-0.2, 0) is 9.53 Å². The van der Waals surface area contributed by atoms with Crippen LogP contribution < -0.4 is 14.8 Å². The summed E-state index contributed by atoms with van der Waals surface area (Å²) >= 11 is 6.25. The van der Waals surface area contributed by atoms with E-state index in [4.69, 9.17) is 25.8 Å². The second-order valence-corrected chi connectivity index (χ2v) is 6.05. The Bertz CT molecular complexity index is 589. The number of carbonyl (C=O) groups excluding carboxylic acids is 2. The van der Waals surface area contributed by atoms with Crippen molar-refractivity contribution >= 4 is 23.5 Å². The summed E-state index contributed by atoms with van der Waals surface area (Å²) in [5, 5.41) is 2.79. The molecule has 0 aliphatic carbocycles. The Morgan fingerprint density at radius 3 is 2.52 bits per heavy atom. The van der Waals surface area contributed by atoms with Gasteiger partial charge in [0.15, 0.2) is 11.5 Å². The van der Waals surface area contributed by atoms with Crippen LogP contribution in [0.2, 0.25) is 5.02 Å². The first-order valence-corrected chi connectivity index (χ1v) is 8.83. The second-order valence-electron chi connectivity index (χ2n) is 5.64. The van der Waals surface area contributed by atoms with E-state index in [1.165, 1.54) is 6.07 Å². The van der Waals surface area contributed by atoms with Crippen molar-refractivity contribution in [2.24, 2.45) is 0 Å². The number of esters is 1. The zero-order valence-corrected chi connectivity index (χ0v) is 15.9. The molecule has 0 bridgehead atoms. The van der Waals surface area contributed by atoms with Crippen LogP contribution >= 0.6 is 11.6 Å². The van der Waals surface area contributed by atoms with E-state index in [1.807, 2.05) is 6.92 Å². The van der Waals surface area contributed by atoms with Crippen molar-refractivity contribution < 1.29 is 23.8 Å². The van der Waals surface area contributed by atoms with Gasteiger partial charge in [0.2, 0.25) is 0 Å². The van der Waals surface area contributed by atoms with Crippen LogP contribution in [0.15, 0.2) is 12.1 Å². The molecule has 0 spiro atoms. The van der Waals surface area contributed by atoms with Crippen LogP contribution in [0.4, 0.5) is 0 Å². The van der Waals surface area contributed by atoms with Gasteiger partial charge in [0.25, 0.3) is 5.91 Å². The zero-order valence-electron chi connectivity index (χ0n) is 15.2. The van der Waals surface area contributed by atoms with E-state index in [1.54, 1.807) is 19.9 Å². The van der Waals surface area contributed by atoms with Crippen molar-refractivity contribution in [2.45, 2.75) is 46.6 Å². The molecule has 0 fully saturated rings. The minimum absolute atomic E-state index is 0.215. The normalized spacial score (nSPS) is 10.5. The van der Waals surface area contributed by atoms with Crippen LogP contribution in [0.1, 0.15) is 50.9 Å². The molecule has 6 nitrogen and oxygen atoms in total. The molecule has 0 aliphatic heterocycles. The van der Waals surface area contributed by atoms with E-state index < -0.39 is 11.9 Å². The molecule has 25 heavy (non-hydrogen) atoms. The van der Waals surface area contributed by atoms with Gasteiger partial charge >= 0.3 is 5.97 Å². The lowest BCUT2D eigenvalue weighted by atomic mass is 10.2. The topological polar surface area (TPSA) is 73.9 Å². The molecule has 140 valence electrons. The predicted molar refractivity (Wildman–Crippen MR) is 96.6 cm³/mol. The van der Waals surface area contributed by atoms with Gasteiger partial charge in [-0.15, -0.1) is 0 Å². The summed E-state index contributed by atoms with van der Waals surface area (Å²) in [6, 6.07) is 3.05. The molecule has 1 rings (SSSR count). The van der Waals surface area contributed by atoms with E-state index >= 15 is 0 Å². The molecule has 0 radical (unpaired) electrons. The smallest absolute Gasteiger partial charge is 0.325 e. The summed E-state index contributed by atoms with van der Waals surface area (Å²) in [7, 11) is 0. The SMILES string of the molecule is CCCCOc1c(Cl)cc(C(=O)NCC(=O)OC(C)C)cc1OCC. The molecule has 0 aromatic heterocycles. The van der Waals surface area contributed by atoms with Gasteiger partial charge in [0.05, 0.1) is 24.3 Å². The molecular formula is C18H26ClNO5. The van der Waals surface area contributed by atoms with E-state index in [0.29, 0.717) is 24.7 Å². The molecule has 7 heteroatoms. The maximum absolute atomic E-state index is 12.2. The summed E-state index contributed by atoms with van der Waals surface area (Å²) in [6.07, 6.45) is 1.65. The maximum atomic E-state index is 12.2. The molecule has 1 N–H and O–H groups in total. The number of halogens is 1. The van der Waals surface area contributed by atoms with Crippen LogP contribution in [-0.4, -0.2) is 37.7 Å². The lowest BCUT2D eigenvalue weighted by Gasteiger charge is -2.15. The fourth-order valence-electron chi connectivity index (χ4n) is 1.98. The number of hydrogen-bond acceptors (Lipinski definition) is 5. The van der Waals surface area contributed by atoms with E-state index in [0.717, 1.165) is 12.8 Å². The van der Waals surface area contributed by atoms with Gasteiger partial charge < -0.3 is 19.5 Å². The van der Waals surface area contributed by atoms with E-state index in [2.05, 4.69) is 12.2 Å². The average Bonchev–Trinajstić information content (AvgIpc) is 2.54. The Balaban J connectivity index is 2.85. The van der Waals surface area contributed by atoms with Gasteiger partial charge in [-0.1, -0.05) is 24.9 Å². The summed E-state index contributed by atoms with van der Waals surface area (Å²) < 4.78 is 16.2. The van der Waals surface area contributed by atoms with E-state index in [9.17, 15) is 9.59 Å². The van der Waals surface area contributed by atoms with Crippen molar-refractivity contribution in [1.29, 1.82) is 0 Å². The van der Waals surface area contributed by atoms with Crippen molar-refractivity contribution in [3.63, 3.8) is 0 Å². The molecule has 0 aliphatic rings. The number of ether oxygens (including phenoxy) is 3. The average molecular weight is 372 g/mol. The highest BCUT2D eigenvalue weighted by atomic mass is 35.5. The van der Waals surface area contributed by atoms with Gasteiger partial charge in [-0.05, 0) is 39.3 Å². The van der Waals surface area contributed by atoms with Crippen LogP contribution in [0.5, 0.6) is 11.5 Å². The third kappa shape index (κ3) is 7.22. The Morgan fingerprint density at radius 2 is 1.92 bits per heavy atom. The zero-order chi connectivity index (χ0) is 18.8. The van der Waals surface area contributed by atoms with Gasteiger partial charge in [-0.3, -0.25) is 9.59 Å². The molecule has 0 heterocycles. The highest BCUT2D eigenvalue weighted by molar-refractivity contribution is 6.32. The largest absolute Gasteiger partial charge is 0.490 e. The minimum Gasteiger partial charge on any atom is -0.490 e. The van der Waals surface area contributed by atoms with Gasteiger partial charge in [0.1, 0.15) is 6.54 Å². The molecule has 0 saturated carbocycles. The molecule has 1 aromatic rings. The first kappa shape index (κ1) is 21.1. The Morgan fingerprint density at radius 1 is 1.20 bits per heavy atom. The summed E-state index contributed by atoms with van der Waals surface area (Å²) in [5.41, 5.74) is 0.286. The van der Waals surface area contributed by atoms with Crippen molar-refractivity contribution in [3.05, 3.63) is 22.7 Å². The third-order valence-electron chi connectivity index (χ3n) is 3.08. The van der Waals surface area contributed by atoms with Crippen LogP contribution in [0.25, 0.3) is 0 Å². The lowest BCUT2D eigenvalue weighted by Crippen LogP contribution is -2.31. The second kappa shape index (κ2) is 10.8. The minimum atomic E-state index is -0.501. The monoisotopic (exact) mass is 371 g/mol. The summed E-state index contributed by atoms with van der Waals surface area (Å²) in [4.78, 5) is 23.8. The Hall–Kier alpha value is -1.95. The molecule has 0 atom stereocenters. The van der Waals surface area contributed by atoms with Crippen LogP contribution in [0, 0.1) is 0 Å². The van der Waals surface area contributed by atoms with Crippen molar-refractivity contribution in [3.8, 4) is 11.5 Å². The third-order valence-corrected chi connectivity index (χ3v) is 3.36.